The van der Waals surface area contributed by atoms with Gasteiger partial charge in [-0.15, -0.1) is 0 Å². The number of amides is 2. The summed E-state index contributed by atoms with van der Waals surface area (Å²) in [5.41, 5.74) is 6.42. The van der Waals surface area contributed by atoms with Gasteiger partial charge in [0.05, 0.1) is 29.6 Å². The van der Waals surface area contributed by atoms with Gasteiger partial charge in [-0.1, -0.05) is 6.92 Å². The third-order valence-electron chi connectivity index (χ3n) is 6.31. The minimum atomic E-state index is -4.74. The van der Waals surface area contributed by atoms with Gasteiger partial charge in [0.15, 0.2) is 17.2 Å². The number of anilines is 2. The first-order valence-corrected chi connectivity index (χ1v) is 13.6. The van der Waals surface area contributed by atoms with Crippen molar-refractivity contribution >= 4 is 35.4 Å². The molecule has 0 aliphatic carbocycles. The maximum atomic E-state index is 13.7. The maximum absolute atomic E-state index is 13.7. The molecule has 238 valence electrons. The number of aromatic nitrogens is 5. The van der Waals surface area contributed by atoms with Crippen LogP contribution in [0.4, 0.5) is 24.7 Å². The number of alkyl halides is 3. The summed E-state index contributed by atoms with van der Waals surface area (Å²) in [4.78, 5) is 41.3. The van der Waals surface area contributed by atoms with Gasteiger partial charge in [-0.25, -0.2) is 9.97 Å². The lowest BCUT2D eigenvalue weighted by Gasteiger charge is -2.13. The molecule has 3 aromatic heterocycles. The van der Waals surface area contributed by atoms with E-state index < -0.39 is 17.9 Å². The Balaban J connectivity index is 0.00000177. The molecular formula is C28H31F3N10O4. The number of halogens is 3. The predicted molar refractivity (Wildman–Crippen MR) is 156 cm³/mol. The van der Waals surface area contributed by atoms with E-state index in [4.69, 9.17) is 20.9 Å². The number of nitrogens with zero attached hydrogens (tertiary/aromatic N) is 6. The fourth-order valence-electron chi connectivity index (χ4n) is 4.26. The predicted octanol–water partition coefficient (Wildman–Crippen LogP) is 2.73. The molecule has 0 unspecified atom stereocenters. The van der Waals surface area contributed by atoms with Gasteiger partial charge >= 0.3 is 6.18 Å². The van der Waals surface area contributed by atoms with Crippen molar-refractivity contribution in [3.05, 3.63) is 59.8 Å². The molecule has 0 fully saturated rings. The monoisotopic (exact) mass is 628 g/mol. The first-order valence-electron chi connectivity index (χ1n) is 13.6. The van der Waals surface area contributed by atoms with Crippen molar-refractivity contribution in [2.45, 2.75) is 45.5 Å². The van der Waals surface area contributed by atoms with Gasteiger partial charge < -0.3 is 26.8 Å². The molecule has 0 aliphatic rings. The van der Waals surface area contributed by atoms with E-state index in [9.17, 15) is 22.8 Å². The number of aryl methyl sites for hydroxylation is 1. The molecule has 0 saturated carbocycles. The highest BCUT2D eigenvalue weighted by Gasteiger charge is 2.38. The molecule has 0 bridgehead atoms. The molecular weight excluding hydrogens is 597 g/mol. The molecule has 6 N–H and O–H groups in total. The Labute approximate surface area is 255 Å². The van der Waals surface area contributed by atoms with Crippen LogP contribution in [0.5, 0.6) is 0 Å². The van der Waals surface area contributed by atoms with Gasteiger partial charge in [-0.2, -0.15) is 23.5 Å². The molecule has 1 atom stereocenters. The molecule has 14 nitrogen and oxygen atoms in total. The van der Waals surface area contributed by atoms with Crippen LogP contribution in [0.15, 0.2) is 43.0 Å². The largest absolute Gasteiger partial charge is 0.483 e. The molecule has 45 heavy (non-hydrogen) atoms. The Morgan fingerprint density at radius 1 is 1.22 bits per heavy atom. The number of nitriles is 1. The van der Waals surface area contributed by atoms with Gasteiger partial charge in [0.1, 0.15) is 6.54 Å². The SMILES string of the molecule is CCc1cc(Nc2nccn3c(-c4cn(CC#N)nc4C(F)(F)F)cnc23)ccc1C(=O)NCCCNC(=O)[C@H](C)N.O=CO. The quantitative estimate of drug-likeness (QED) is 0.121. The number of fused-ring (bicyclic) bond motifs is 1. The Hall–Kier alpha value is -5.50. The number of nitrogens with one attached hydrogen (secondary N) is 3. The second-order valence-corrected chi connectivity index (χ2v) is 9.50. The summed E-state index contributed by atoms with van der Waals surface area (Å²) in [5, 5.41) is 28.0. The number of carbonyl (C=O) groups excluding carboxylic acids is 2. The number of carbonyl (C=O) groups is 3. The first kappa shape index (κ1) is 34.0. The highest BCUT2D eigenvalue weighted by atomic mass is 19.4. The van der Waals surface area contributed by atoms with Crippen LogP contribution in [-0.4, -0.2) is 66.7 Å². The van der Waals surface area contributed by atoms with Crippen LogP contribution in [0.1, 0.15) is 41.9 Å². The minimum Gasteiger partial charge on any atom is -0.483 e. The first-order chi connectivity index (χ1) is 21.4. The van der Waals surface area contributed by atoms with Gasteiger partial charge in [0.25, 0.3) is 12.4 Å². The topological polar surface area (TPSA) is 205 Å². The standard InChI is InChI=1S/C27H29F3N10O2.CH2O2/c1-3-17-13-18(5-6-19(17)26(42)35-9-4-8-34-25(41)16(2)32)37-23-24-36-14-21(40(24)12-10-33-23)20-15-39(11-7-31)38-22(20)27(28,29)30;2-1-3/h5-6,10,12-16H,3-4,8-9,11,32H2,1-2H3,(H,33,37)(H,34,41)(H,35,42);1H,(H,2,3)/t16-;/m0./s1. The lowest BCUT2D eigenvalue weighted by Crippen LogP contribution is -2.39. The van der Waals surface area contributed by atoms with Crippen LogP contribution < -0.4 is 21.7 Å². The number of benzene rings is 1. The fraction of sp³-hybridized carbons (Fsp3) is 0.321. The summed E-state index contributed by atoms with van der Waals surface area (Å²) < 4.78 is 43.5. The fourth-order valence-corrected chi connectivity index (χ4v) is 4.26. The number of carboxylic acid groups (broad SMARTS) is 1. The van der Waals surface area contributed by atoms with Gasteiger partial charge in [-0.3, -0.25) is 23.5 Å². The number of hydrogen-bond acceptors (Lipinski definition) is 9. The van der Waals surface area contributed by atoms with E-state index in [1.54, 1.807) is 31.2 Å². The zero-order valence-corrected chi connectivity index (χ0v) is 24.3. The van der Waals surface area contributed by atoms with Gasteiger partial charge in [-0.05, 0) is 43.5 Å². The third-order valence-corrected chi connectivity index (χ3v) is 6.31. The zero-order chi connectivity index (χ0) is 33.1. The van der Waals surface area contributed by atoms with Crippen LogP contribution in [0.3, 0.4) is 0 Å². The number of nitrogens with two attached hydrogens (primary N) is 1. The van der Waals surface area contributed by atoms with Gasteiger partial charge in [0.2, 0.25) is 5.91 Å². The molecule has 17 heteroatoms. The smallest absolute Gasteiger partial charge is 0.435 e. The minimum absolute atomic E-state index is 0.130. The number of imidazole rings is 1. The Morgan fingerprint density at radius 3 is 2.58 bits per heavy atom. The van der Waals surface area contributed by atoms with Crippen molar-refractivity contribution in [3.63, 3.8) is 0 Å². The second kappa shape index (κ2) is 15.3. The summed E-state index contributed by atoms with van der Waals surface area (Å²) >= 11 is 0. The highest BCUT2D eigenvalue weighted by molar-refractivity contribution is 5.96. The third kappa shape index (κ3) is 8.54. The highest BCUT2D eigenvalue weighted by Crippen LogP contribution is 2.37. The zero-order valence-electron chi connectivity index (χ0n) is 24.3. The number of rotatable bonds is 11. The molecule has 3 heterocycles. The normalized spacial score (nSPS) is 11.6. The Morgan fingerprint density at radius 2 is 1.93 bits per heavy atom. The summed E-state index contributed by atoms with van der Waals surface area (Å²) in [7, 11) is 0. The van der Waals surface area contributed by atoms with Crippen LogP contribution >= 0.6 is 0 Å². The van der Waals surface area contributed by atoms with Gasteiger partial charge in [0, 0.05) is 42.9 Å². The van der Waals surface area contributed by atoms with E-state index in [1.807, 2.05) is 6.92 Å². The number of hydrogen-bond donors (Lipinski definition) is 5. The summed E-state index contributed by atoms with van der Waals surface area (Å²) in [6, 6.07) is 6.34. The lowest BCUT2D eigenvalue weighted by atomic mass is 10.0. The van der Waals surface area contributed by atoms with Crippen molar-refractivity contribution in [2.24, 2.45) is 5.73 Å². The van der Waals surface area contributed by atoms with Crippen molar-refractivity contribution in [3.8, 4) is 17.3 Å². The van der Waals surface area contributed by atoms with Crippen molar-refractivity contribution in [1.29, 1.82) is 5.26 Å². The molecule has 4 rings (SSSR count). The Bertz CT molecular complexity index is 1690. The Kier molecular flexibility index (Phi) is 11.6. The second-order valence-electron chi connectivity index (χ2n) is 9.50. The molecule has 2 amide bonds. The van der Waals surface area contributed by atoms with E-state index >= 15 is 0 Å². The van der Waals surface area contributed by atoms with Crippen molar-refractivity contribution < 1.29 is 32.7 Å². The molecule has 1 aromatic carbocycles. The molecule has 0 spiro atoms. The average molecular weight is 629 g/mol. The lowest BCUT2D eigenvalue weighted by molar-refractivity contribution is -0.141. The maximum Gasteiger partial charge on any atom is 0.435 e. The van der Waals surface area contributed by atoms with Crippen LogP contribution in [0, 0.1) is 11.3 Å². The van der Waals surface area contributed by atoms with Crippen molar-refractivity contribution in [2.75, 3.05) is 18.4 Å². The molecule has 0 radical (unpaired) electrons. The van der Waals surface area contributed by atoms with Crippen LogP contribution in [0.25, 0.3) is 16.9 Å². The molecule has 4 aromatic rings. The van der Waals surface area contributed by atoms with E-state index in [0.717, 1.165) is 16.4 Å². The summed E-state index contributed by atoms with van der Waals surface area (Å²) in [5.74, 6) is -0.227. The van der Waals surface area contributed by atoms with E-state index in [-0.39, 0.29) is 47.6 Å². The molecule has 0 aliphatic heterocycles. The van der Waals surface area contributed by atoms with E-state index in [0.29, 0.717) is 37.2 Å². The average Bonchev–Trinajstić information content (AvgIpc) is 3.62. The van der Waals surface area contributed by atoms with E-state index in [2.05, 4.69) is 31.0 Å². The van der Waals surface area contributed by atoms with Crippen molar-refractivity contribution in [1.82, 2.24) is 34.8 Å². The van der Waals surface area contributed by atoms with Crippen LogP contribution in [0.2, 0.25) is 0 Å². The molecule has 0 saturated heterocycles. The summed E-state index contributed by atoms with van der Waals surface area (Å²) in [6.07, 6.45) is 1.72. The van der Waals surface area contributed by atoms with E-state index in [1.165, 1.54) is 23.0 Å². The summed E-state index contributed by atoms with van der Waals surface area (Å²) in [6.45, 7) is 3.66. The van der Waals surface area contributed by atoms with Crippen LogP contribution in [-0.2, 0) is 28.7 Å².